The molecule has 5 heteroatoms. The predicted molar refractivity (Wildman–Crippen MR) is 71.5 cm³/mol. The monoisotopic (exact) mass is 275 g/mol. The van der Waals surface area contributed by atoms with Gasteiger partial charge in [0.15, 0.2) is 0 Å². The standard InChI is InChI=1S/C15H14FNO3/c16-15(4-7-20-8-5-15)10-1-2-13-12(9-10)11(14(18)19)3-6-17-13/h1-3,6,9H,4-5,7-8H2,(H,18,19). The highest BCUT2D eigenvalue weighted by atomic mass is 19.1. The Hall–Kier alpha value is -2.01. The lowest BCUT2D eigenvalue weighted by Crippen LogP contribution is -2.29. The van der Waals surface area contributed by atoms with Crippen LogP contribution in [0.2, 0.25) is 0 Å². The highest BCUT2D eigenvalue weighted by molar-refractivity contribution is 6.02. The van der Waals surface area contributed by atoms with Crippen LogP contribution in [-0.2, 0) is 10.4 Å². The molecule has 1 aliphatic heterocycles. The lowest BCUT2D eigenvalue weighted by Gasteiger charge is -2.30. The fourth-order valence-corrected chi connectivity index (χ4v) is 2.60. The first-order valence-corrected chi connectivity index (χ1v) is 6.49. The van der Waals surface area contributed by atoms with Gasteiger partial charge in [0.1, 0.15) is 5.67 Å². The van der Waals surface area contributed by atoms with Crippen molar-refractivity contribution in [3.63, 3.8) is 0 Å². The first-order valence-electron chi connectivity index (χ1n) is 6.49. The molecule has 1 aliphatic rings. The Labute approximate surface area is 115 Å². The van der Waals surface area contributed by atoms with E-state index in [4.69, 9.17) is 4.74 Å². The van der Waals surface area contributed by atoms with Crippen molar-refractivity contribution in [1.29, 1.82) is 0 Å². The molecule has 0 saturated carbocycles. The molecule has 0 spiro atoms. The van der Waals surface area contributed by atoms with Gasteiger partial charge >= 0.3 is 5.97 Å². The van der Waals surface area contributed by atoms with Gasteiger partial charge in [-0.2, -0.15) is 0 Å². The lowest BCUT2D eigenvalue weighted by molar-refractivity contribution is -0.0114. The molecule has 1 aromatic heterocycles. The van der Waals surface area contributed by atoms with E-state index in [0.717, 1.165) is 0 Å². The van der Waals surface area contributed by atoms with Crippen LogP contribution in [0.25, 0.3) is 10.9 Å². The van der Waals surface area contributed by atoms with Gasteiger partial charge in [-0.3, -0.25) is 4.98 Å². The maximum absolute atomic E-state index is 14.9. The molecule has 1 fully saturated rings. The predicted octanol–water partition coefficient (Wildman–Crippen LogP) is 2.91. The molecular formula is C15H14FNO3. The lowest BCUT2D eigenvalue weighted by atomic mass is 9.87. The smallest absolute Gasteiger partial charge is 0.336 e. The minimum Gasteiger partial charge on any atom is -0.478 e. The Morgan fingerprint density at radius 2 is 2.05 bits per heavy atom. The van der Waals surface area contributed by atoms with Crippen LogP contribution >= 0.6 is 0 Å². The summed E-state index contributed by atoms with van der Waals surface area (Å²) in [7, 11) is 0. The molecule has 0 bridgehead atoms. The molecule has 1 saturated heterocycles. The quantitative estimate of drug-likeness (QED) is 0.915. The van der Waals surface area contributed by atoms with Gasteiger partial charge in [-0.25, -0.2) is 9.18 Å². The van der Waals surface area contributed by atoms with E-state index >= 15 is 0 Å². The molecule has 1 aromatic carbocycles. The number of carbonyl (C=O) groups is 1. The van der Waals surface area contributed by atoms with Crippen LogP contribution in [0, 0.1) is 0 Å². The van der Waals surface area contributed by atoms with E-state index in [-0.39, 0.29) is 5.56 Å². The fourth-order valence-electron chi connectivity index (χ4n) is 2.60. The molecule has 2 heterocycles. The highest BCUT2D eigenvalue weighted by Crippen LogP contribution is 2.37. The average Bonchev–Trinajstić information content (AvgIpc) is 2.46. The van der Waals surface area contributed by atoms with Crippen LogP contribution in [0.4, 0.5) is 4.39 Å². The number of pyridine rings is 1. The van der Waals surface area contributed by atoms with Crippen LogP contribution in [0.1, 0.15) is 28.8 Å². The number of carboxylic acid groups (broad SMARTS) is 1. The van der Waals surface area contributed by atoms with Crippen molar-refractivity contribution in [2.24, 2.45) is 0 Å². The summed E-state index contributed by atoms with van der Waals surface area (Å²) in [5.41, 5.74) is -0.237. The highest BCUT2D eigenvalue weighted by Gasteiger charge is 2.34. The van der Waals surface area contributed by atoms with Gasteiger partial charge < -0.3 is 9.84 Å². The Kier molecular flexibility index (Phi) is 3.14. The van der Waals surface area contributed by atoms with Gasteiger partial charge in [-0.05, 0) is 23.8 Å². The minimum atomic E-state index is -1.45. The summed E-state index contributed by atoms with van der Waals surface area (Å²) >= 11 is 0. The number of ether oxygens (including phenoxy) is 1. The zero-order valence-corrected chi connectivity index (χ0v) is 10.8. The van der Waals surface area contributed by atoms with E-state index < -0.39 is 11.6 Å². The molecule has 0 radical (unpaired) electrons. The summed E-state index contributed by atoms with van der Waals surface area (Å²) in [6.45, 7) is 0.765. The number of aromatic nitrogens is 1. The summed E-state index contributed by atoms with van der Waals surface area (Å²) in [5.74, 6) is -1.03. The molecule has 20 heavy (non-hydrogen) atoms. The Morgan fingerprint density at radius 1 is 1.30 bits per heavy atom. The van der Waals surface area contributed by atoms with E-state index in [1.54, 1.807) is 18.2 Å². The van der Waals surface area contributed by atoms with Crippen molar-refractivity contribution in [1.82, 2.24) is 4.98 Å². The summed E-state index contributed by atoms with van der Waals surface area (Å²) < 4.78 is 20.1. The number of rotatable bonds is 2. The molecule has 2 aromatic rings. The van der Waals surface area contributed by atoms with Gasteiger partial charge in [0, 0.05) is 37.6 Å². The van der Waals surface area contributed by atoms with E-state index in [9.17, 15) is 14.3 Å². The summed E-state index contributed by atoms with van der Waals surface area (Å²) in [5, 5.41) is 9.68. The van der Waals surface area contributed by atoms with E-state index in [2.05, 4.69) is 4.98 Å². The maximum Gasteiger partial charge on any atom is 0.336 e. The molecular weight excluding hydrogens is 261 g/mol. The van der Waals surface area contributed by atoms with Crippen molar-refractivity contribution in [3.05, 3.63) is 41.6 Å². The van der Waals surface area contributed by atoms with E-state index in [1.165, 1.54) is 12.3 Å². The van der Waals surface area contributed by atoms with Crippen molar-refractivity contribution in [2.45, 2.75) is 18.5 Å². The number of benzene rings is 1. The summed E-state index contributed by atoms with van der Waals surface area (Å²) in [6, 6.07) is 6.40. The minimum absolute atomic E-state index is 0.146. The van der Waals surface area contributed by atoms with Crippen LogP contribution in [-0.4, -0.2) is 29.3 Å². The average molecular weight is 275 g/mol. The number of halogens is 1. The molecule has 104 valence electrons. The molecule has 0 unspecified atom stereocenters. The number of nitrogens with zero attached hydrogens (tertiary/aromatic N) is 1. The van der Waals surface area contributed by atoms with Crippen LogP contribution in [0.15, 0.2) is 30.5 Å². The Balaban J connectivity index is 2.14. The van der Waals surface area contributed by atoms with Crippen molar-refractivity contribution in [2.75, 3.05) is 13.2 Å². The normalized spacial score (nSPS) is 18.1. The third-order valence-corrected chi connectivity index (χ3v) is 3.77. The molecule has 0 atom stereocenters. The molecule has 1 N–H and O–H groups in total. The second kappa shape index (κ2) is 4.83. The SMILES string of the molecule is O=C(O)c1ccnc2ccc(C3(F)CCOCC3)cc12. The first kappa shape index (κ1) is 13.0. The molecule has 4 nitrogen and oxygen atoms in total. The number of carboxylic acids is 1. The number of hydrogen-bond donors (Lipinski definition) is 1. The third kappa shape index (κ3) is 2.14. The van der Waals surface area contributed by atoms with Crippen molar-refractivity contribution < 1.29 is 19.0 Å². The number of hydrogen-bond acceptors (Lipinski definition) is 3. The first-order chi connectivity index (χ1) is 9.60. The Bertz CT molecular complexity index is 665. The zero-order chi connectivity index (χ0) is 14.2. The third-order valence-electron chi connectivity index (χ3n) is 3.77. The van der Waals surface area contributed by atoms with Crippen LogP contribution in [0.5, 0.6) is 0 Å². The van der Waals surface area contributed by atoms with Crippen molar-refractivity contribution >= 4 is 16.9 Å². The number of alkyl halides is 1. The number of aromatic carboxylic acids is 1. The van der Waals surface area contributed by atoms with E-state index in [1.807, 2.05) is 0 Å². The number of fused-ring (bicyclic) bond motifs is 1. The zero-order valence-electron chi connectivity index (χ0n) is 10.8. The van der Waals surface area contributed by atoms with Crippen molar-refractivity contribution in [3.8, 4) is 0 Å². The van der Waals surface area contributed by atoms with Gasteiger partial charge in [0.2, 0.25) is 0 Å². The van der Waals surface area contributed by atoms with Gasteiger partial charge in [0.05, 0.1) is 11.1 Å². The maximum atomic E-state index is 14.9. The summed E-state index contributed by atoms with van der Waals surface area (Å²) in [4.78, 5) is 15.4. The molecule has 0 amide bonds. The molecule has 0 aliphatic carbocycles. The topological polar surface area (TPSA) is 59.4 Å². The van der Waals surface area contributed by atoms with Gasteiger partial charge in [-0.1, -0.05) is 6.07 Å². The summed E-state index contributed by atoms with van der Waals surface area (Å²) in [6.07, 6.45) is 2.04. The van der Waals surface area contributed by atoms with Gasteiger partial charge in [0.25, 0.3) is 0 Å². The van der Waals surface area contributed by atoms with Crippen LogP contribution < -0.4 is 0 Å². The van der Waals surface area contributed by atoms with Crippen LogP contribution in [0.3, 0.4) is 0 Å². The second-order valence-electron chi connectivity index (χ2n) is 4.97. The van der Waals surface area contributed by atoms with E-state index in [0.29, 0.717) is 42.5 Å². The Morgan fingerprint density at radius 3 is 2.75 bits per heavy atom. The largest absolute Gasteiger partial charge is 0.478 e. The second-order valence-corrected chi connectivity index (χ2v) is 4.97. The molecule has 3 rings (SSSR count). The van der Waals surface area contributed by atoms with Gasteiger partial charge in [-0.15, -0.1) is 0 Å². The fraction of sp³-hybridized carbons (Fsp3) is 0.333.